The number of hydrogen-bond acceptors (Lipinski definition) is 4. The molecule has 1 saturated carbocycles. The number of carbonyl (C=O) groups excluding carboxylic acids is 1. The number of nitrogens with zero attached hydrogens (tertiary/aromatic N) is 1. The fraction of sp³-hybridized carbons (Fsp3) is 0.480. The van der Waals surface area contributed by atoms with Crippen LogP contribution in [-0.2, 0) is 26.0 Å². The van der Waals surface area contributed by atoms with Crippen molar-refractivity contribution in [2.75, 3.05) is 13.2 Å². The molecule has 0 bridgehead atoms. The van der Waals surface area contributed by atoms with Crippen LogP contribution in [0.15, 0.2) is 30.3 Å². The predicted molar refractivity (Wildman–Crippen MR) is 123 cm³/mol. The van der Waals surface area contributed by atoms with E-state index in [1.165, 1.54) is 4.90 Å². The summed E-state index contributed by atoms with van der Waals surface area (Å²) in [7, 11) is -4.41. The molecule has 1 N–H and O–H groups in total. The van der Waals surface area contributed by atoms with Gasteiger partial charge in [0.1, 0.15) is 29.4 Å². The molecule has 2 aromatic rings. The minimum absolute atomic E-state index is 0.156. The number of amides is 1. The van der Waals surface area contributed by atoms with Crippen molar-refractivity contribution in [3.8, 4) is 11.1 Å². The molecule has 1 amide bonds. The summed E-state index contributed by atoms with van der Waals surface area (Å²) in [5.41, 5.74) is -3.72. The molecule has 5 rings (SSSR count). The molecule has 1 aliphatic carbocycles. The van der Waals surface area contributed by atoms with E-state index in [4.69, 9.17) is 4.74 Å². The number of ether oxygens (including phenoxy) is 1. The molecular formula is C25H25F5N2O4S. The molecule has 0 radical (unpaired) electrons. The van der Waals surface area contributed by atoms with Gasteiger partial charge in [0.15, 0.2) is 0 Å². The summed E-state index contributed by atoms with van der Waals surface area (Å²) in [4.78, 5) is 14.6. The van der Waals surface area contributed by atoms with E-state index in [0.29, 0.717) is 31.9 Å². The maximum Gasteiger partial charge on any atom is 0.252 e. The van der Waals surface area contributed by atoms with Gasteiger partial charge in [-0.15, -0.1) is 0 Å². The molecule has 37 heavy (non-hydrogen) atoms. The highest BCUT2D eigenvalue weighted by Crippen LogP contribution is 2.56. The van der Waals surface area contributed by atoms with Crippen molar-refractivity contribution in [1.82, 2.24) is 9.62 Å². The topological polar surface area (TPSA) is 75.7 Å². The first-order valence-electron chi connectivity index (χ1n) is 11.9. The first-order valence-corrected chi connectivity index (χ1v) is 13.5. The maximum absolute atomic E-state index is 15.7. The molecule has 4 atom stereocenters. The van der Waals surface area contributed by atoms with Crippen LogP contribution in [0.3, 0.4) is 0 Å². The van der Waals surface area contributed by atoms with Gasteiger partial charge in [0, 0.05) is 36.1 Å². The number of likely N-dealkylation sites (tertiary alicyclic amines) is 1. The molecule has 2 heterocycles. The Morgan fingerprint density at radius 2 is 1.73 bits per heavy atom. The van der Waals surface area contributed by atoms with Crippen molar-refractivity contribution in [1.29, 1.82) is 0 Å². The van der Waals surface area contributed by atoms with Crippen LogP contribution in [0.1, 0.15) is 31.7 Å². The fourth-order valence-electron chi connectivity index (χ4n) is 5.27. The van der Waals surface area contributed by atoms with Gasteiger partial charge in [-0.1, -0.05) is 0 Å². The second-order valence-electron chi connectivity index (χ2n) is 10.0. The van der Waals surface area contributed by atoms with Crippen LogP contribution in [0.4, 0.5) is 22.0 Å². The summed E-state index contributed by atoms with van der Waals surface area (Å²) in [6.07, 6.45) is 0.550. The summed E-state index contributed by atoms with van der Waals surface area (Å²) in [5, 5.41) is 0. The number of benzene rings is 2. The zero-order valence-corrected chi connectivity index (χ0v) is 20.6. The third-order valence-electron chi connectivity index (χ3n) is 7.51. The lowest BCUT2D eigenvalue weighted by atomic mass is 9.91. The van der Waals surface area contributed by atoms with E-state index in [-0.39, 0.29) is 29.7 Å². The van der Waals surface area contributed by atoms with E-state index in [1.807, 2.05) is 0 Å². The zero-order valence-electron chi connectivity index (χ0n) is 19.8. The summed E-state index contributed by atoms with van der Waals surface area (Å²) in [6.45, 7) is 1.41. The second kappa shape index (κ2) is 9.32. The third-order valence-corrected chi connectivity index (χ3v) is 8.95. The van der Waals surface area contributed by atoms with Crippen LogP contribution in [0, 0.1) is 28.7 Å². The molecule has 2 aromatic carbocycles. The first kappa shape index (κ1) is 26.1. The van der Waals surface area contributed by atoms with E-state index >= 15 is 4.39 Å². The zero-order chi connectivity index (χ0) is 26.7. The van der Waals surface area contributed by atoms with E-state index in [9.17, 15) is 30.8 Å². The van der Waals surface area contributed by atoms with Gasteiger partial charge < -0.3 is 9.64 Å². The van der Waals surface area contributed by atoms with Crippen LogP contribution >= 0.6 is 0 Å². The van der Waals surface area contributed by atoms with Crippen LogP contribution in [0.25, 0.3) is 11.1 Å². The summed E-state index contributed by atoms with van der Waals surface area (Å²) < 4.78 is 104. The largest absolute Gasteiger partial charge is 0.368 e. The SMILES string of the molecule is CC(F)S(=O)(=O)N[C@@H]1[C@H](Cc2cc(F)cc(-c3cc(F)cc(F)c3)c2F)N(C(=O)[C@H]2CCO2)CC12CC2. The number of halogens is 5. The molecule has 2 aliphatic heterocycles. The quantitative estimate of drug-likeness (QED) is 0.538. The Morgan fingerprint density at radius 1 is 1.11 bits per heavy atom. The monoisotopic (exact) mass is 544 g/mol. The Morgan fingerprint density at radius 3 is 2.27 bits per heavy atom. The minimum Gasteiger partial charge on any atom is -0.368 e. The molecule has 1 unspecified atom stereocenters. The first-order chi connectivity index (χ1) is 17.4. The Labute approximate surface area is 210 Å². The Balaban J connectivity index is 1.55. The summed E-state index contributed by atoms with van der Waals surface area (Å²) >= 11 is 0. The molecule has 12 heteroatoms. The van der Waals surface area contributed by atoms with E-state index in [2.05, 4.69) is 4.72 Å². The Hall–Kier alpha value is -2.57. The number of rotatable bonds is 7. The molecule has 200 valence electrons. The highest BCUT2D eigenvalue weighted by atomic mass is 32.2. The standard InChI is InChI=1S/C25H25F5N2O4S/c1-13(26)37(34,35)31-23-20(32(12-25(23)3-4-25)24(33)21-2-5-36-21)9-15-8-18(29)11-19(22(15)30)14-6-16(27)10-17(28)7-14/h6-8,10-11,13,20-21,23,31H,2-5,9,12H2,1H3/t13?,20-,21+,23+/m0/s1. The lowest BCUT2D eigenvalue weighted by molar-refractivity contribution is -0.157. The van der Waals surface area contributed by atoms with Crippen LogP contribution in [0.5, 0.6) is 0 Å². The van der Waals surface area contributed by atoms with Gasteiger partial charge in [-0.3, -0.25) is 4.79 Å². The molecule has 3 fully saturated rings. The van der Waals surface area contributed by atoms with Gasteiger partial charge >= 0.3 is 0 Å². The molecule has 0 aromatic heterocycles. The summed E-state index contributed by atoms with van der Waals surface area (Å²) in [6, 6.07) is 2.12. The average molecular weight is 545 g/mol. The maximum atomic E-state index is 15.7. The Bertz CT molecular complexity index is 1320. The normalized spacial score (nSPS) is 25.2. The number of hydrogen-bond donors (Lipinski definition) is 1. The van der Waals surface area contributed by atoms with Crippen molar-refractivity contribution >= 4 is 15.9 Å². The van der Waals surface area contributed by atoms with Gasteiger partial charge in [0.05, 0.1) is 12.6 Å². The predicted octanol–water partition coefficient (Wildman–Crippen LogP) is 3.84. The van der Waals surface area contributed by atoms with Crippen molar-refractivity contribution in [2.45, 2.75) is 56.3 Å². The second-order valence-corrected chi connectivity index (χ2v) is 12.0. The Kier molecular flexibility index (Phi) is 6.56. The van der Waals surface area contributed by atoms with Crippen LogP contribution < -0.4 is 4.72 Å². The lowest BCUT2D eigenvalue weighted by Crippen LogP contribution is -2.53. The molecule has 3 aliphatic rings. The van der Waals surface area contributed by atoms with E-state index in [1.54, 1.807) is 0 Å². The molecular weight excluding hydrogens is 519 g/mol. The van der Waals surface area contributed by atoms with Gasteiger partial charge in [-0.05, 0) is 61.6 Å². The van der Waals surface area contributed by atoms with Gasteiger partial charge in [-0.25, -0.2) is 35.1 Å². The van der Waals surface area contributed by atoms with Crippen molar-refractivity contribution in [2.24, 2.45) is 5.41 Å². The smallest absolute Gasteiger partial charge is 0.252 e. The van der Waals surface area contributed by atoms with Gasteiger partial charge in [0.25, 0.3) is 5.91 Å². The average Bonchev–Trinajstić information content (AvgIpc) is 3.49. The summed E-state index contributed by atoms with van der Waals surface area (Å²) in [5.74, 6) is -4.19. The minimum atomic E-state index is -4.41. The molecule has 6 nitrogen and oxygen atoms in total. The highest BCUT2D eigenvalue weighted by molar-refractivity contribution is 7.89. The van der Waals surface area contributed by atoms with Crippen LogP contribution in [-0.4, -0.2) is 56.1 Å². The number of sulfonamides is 1. The fourth-order valence-corrected chi connectivity index (χ4v) is 6.22. The molecule has 2 saturated heterocycles. The van der Waals surface area contributed by atoms with Crippen LogP contribution in [0.2, 0.25) is 0 Å². The van der Waals surface area contributed by atoms with Crippen molar-refractivity contribution in [3.63, 3.8) is 0 Å². The molecule has 1 spiro atoms. The van der Waals surface area contributed by atoms with Gasteiger partial charge in [0.2, 0.25) is 15.5 Å². The number of alkyl halides is 1. The number of carbonyl (C=O) groups is 1. The van der Waals surface area contributed by atoms with E-state index < -0.39 is 68.3 Å². The van der Waals surface area contributed by atoms with Crippen molar-refractivity contribution < 1.29 is 39.9 Å². The van der Waals surface area contributed by atoms with Gasteiger partial charge in [-0.2, -0.15) is 0 Å². The van der Waals surface area contributed by atoms with Crippen molar-refractivity contribution in [3.05, 3.63) is 59.2 Å². The number of nitrogens with one attached hydrogen (secondary N) is 1. The lowest BCUT2D eigenvalue weighted by Gasteiger charge is -2.34. The third kappa shape index (κ3) is 4.86. The van der Waals surface area contributed by atoms with E-state index in [0.717, 1.165) is 31.2 Å². The highest BCUT2D eigenvalue weighted by Gasteiger charge is 2.62.